The fraction of sp³-hybridized carbons (Fsp3) is 0.625. The minimum Gasteiger partial charge on any atom is -0.490 e. The summed E-state index contributed by atoms with van der Waals surface area (Å²) >= 11 is 0. The summed E-state index contributed by atoms with van der Waals surface area (Å²) in [5, 5.41) is 0. The van der Waals surface area contributed by atoms with Crippen LogP contribution in [0.15, 0.2) is 18.2 Å². The zero-order valence-corrected chi connectivity index (χ0v) is 12.0. The third-order valence-electron chi connectivity index (χ3n) is 3.89. The normalized spacial score (nSPS) is 29.0. The first-order valence-electron chi connectivity index (χ1n) is 7.17. The molecular formula is C16H24FNO. The van der Waals surface area contributed by atoms with E-state index in [1.54, 1.807) is 6.07 Å². The van der Waals surface area contributed by atoms with Gasteiger partial charge in [0.25, 0.3) is 0 Å². The summed E-state index contributed by atoms with van der Waals surface area (Å²) in [4.78, 5) is 0. The van der Waals surface area contributed by atoms with Crippen LogP contribution in [0.3, 0.4) is 0 Å². The zero-order chi connectivity index (χ0) is 14.0. The molecule has 1 fully saturated rings. The Bertz CT molecular complexity index is 423. The molecule has 0 aromatic heterocycles. The summed E-state index contributed by atoms with van der Waals surface area (Å²) in [7, 11) is 0. The van der Waals surface area contributed by atoms with E-state index in [2.05, 4.69) is 13.8 Å². The molecule has 0 amide bonds. The molecule has 2 N–H and O–H groups in total. The topological polar surface area (TPSA) is 35.2 Å². The van der Waals surface area contributed by atoms with E-state index in [1.165, 1.54) is 18.6 Å². The van der Waals surface area contributed by atoms with Crippen LogP contribution in [0.4, 0.5) is 4.39 Å². The Labute approximate surface area is 115 Å². The van der Waals surface area contributed by atoms with Crippen molar-refractivity contribution in [3.8, 4) is 5.75 Å². The Hall–Kier alpha value is -1.09. The van der Waals surface area contributed by atoms with E-state index in [0.29, 0.717) is 11.8 Å². The molecule has 0 heterocycles. The number of benzene rings is 1. The largest absolute Gasteiger partial charge is 0.490 e. The number of hydrogen-bond acceptors (Lipinski definition) is 2. The predicted molar refractivity (Wildman–Crippen MR) is 75.6 cm³/mol. The standard InChI is InChI=1S/C16H24FNO/c1-10-6-11(2)8-14(7-10)19-16-5-4-13(17)9-15(16)12(3)18/h4-5,9-12,14H,6-8,18H2,1-3H3/t10?,11?,12-,14?/m0/s1. The van der Waals surface area contributed by atoms with Crippen LogP contribution >= 0.6 is 0 Å². The van der Waals surface area contributed by atoms with Crippen molar-refractivity contribution in [2.24, 2.45) is 17.6 Å². The Morgan fingerprint density at radius 1 is 1.21 bits per heavy atom. The highest BCUT2D eigenvalue weighted by molar-refractivity contribution is 5.36. The van der Waals surface area contributed by atoms with E-state index < -0.39 is 0 Å². The third kappa shape index (κ3) is 3.69. The average molecular weight is 265 g/mol. The second-order valence-electron chi connectivity index (χ2n) is 6.13. The van der Waals surface area contributed by atoms with E-state index in [-0.39, 0.29) is 18.0 Å². The Balaban J connectivity index is 2.14. The van der Waals surface area contributed by atoms with Gasteiger partial charge >= 0.3 is 0 Å². The van der Waals surface area contributed by atoms with E-state index in [9.17, 15) is 4.39 Å². The van der Waals surface area contributed by atoms with E-state index in [1.807, 2.05) is 6.92 Å². The van der Waals surface area contributed by atoms with E-state index in [0.717, 1.165) is 24.2 Å². The predicted octanol–water partition coefficient (Wildman–Crippen LogP) is 4.05. The molecule has 3 atom stereocenters. The highest BCUT2D eigenvalue weighted by Gasteiger charge is 2.26. The van der Waals surface area contributed by atoms with Crippen LogP contribution in [0, 0.1) is 17.7 Å². The summed E-state index contributed by atoms with van der Waals surface area (Å²) in [6.45, 7) is 6.39. The lowest BCUT2D eigenvalue weighted by atomic mass is 9.82. The second-order valence-corrected chi connectivity index (χ2v) is 6.13. The molecule has 1 saturated carbocycles. The molecule has 1 aliphatic rings. The highest BCUT2D eigenvalue weighted by atomic mass is 19.1. The molecule has 0 radical (unpaired) electrons. The van der Waals surface area contributed by atoms with Crippen molar-refractivity contribution in [1.82, 2.24) is 0 Å². The van der Waals surface area contributed by atoms with Gasteiger partial charge in [0.2, 0.25) is 0 Å². The highest BCUT2D eigenvalue weighted by Crippen LogP contribution is 2.33. The van der Waals surface area contributed by atoms with Gasteiger partial charge in [0.05, 0.1) is 6.10 Å². The van der Waals surface area contributed by atoms with Crippen molar-refractivity contribution < 1.29 is 9.13 Å². The lowest BCUT2D eigenvalue weighted by molar-refractivity contribution is 0.0997. The van der Waals surface area contributed by atoms with Gasteiger partial charge in [-0.1, -0.05) is 13.8 Å². The maximum Gasteiger partial charge on any atom is 0.124 e. The number of halogens is 1. The average Bonchev–Trinajstić information content (AvgIpc) is 2.30. The fourth-order valence-electron chi connectivity index (χ4n) is 3.13. The monoisotopic (exact) mass is 265 g/mol. The number of hydrogen-bond donors (Lipinski definition) is 1. The summed E-state index contributed by atoms with van der Waals surface area (Å²) in [5.74, 6) is 1.86. The van der Waals surface area contributed by atoms with Crippen molar-refractivity contribution in [3.63, 3.8) is 0 Å². The number of ether oxygens (including phenoxy) is 1. The number of rotatable bonds is 3. The first kappa shape index (κ1) is 14.3. The van der Waals surface area contributed by atoms with Crippen LogP contribution in [0.5, 0.6) is 5.75 Å². The van der Waals surface area contributed by atoms with E-state index in [4.69, 9.17) is 10.5 Å². The fourth-order valence-corrected chi connectivity index (χ4v) is 3.13. The maximum atomic E-state index is 13.3. The molecule has 1 aromatic carbocycles. The van der Waals surface area contributed by atoms with Gasteiger partial charge in [0.1, 0.15) is 11.6 Å². The van der Waals surface area contributed by atoms with Crippen molar-refractivity contribution in [3.05, 3.63) is 29.6 Å². The molecule has 106 valence electrons. The minimum absolute atomic E-state index is 0.218. The summed E-state index contributed by atoms with van der Waals surface area (Å²) in [6.07, 6.45) is 3.63. The van der Waals surface area contributed by atoms with Crippen molar-refractivity contribution in [1.29, 1.82) is 0 Å². The Morgan fingerprint density at radius 2 is 1.84 bits per heavy atom. The summed E-state index contributed by atoms with van der Waals surface area (Å²) in [6, 6.07) is 4.41. The van der Waals surface area contributed by atoms with Crippen LogP contribution in [0.1, 0.15) is 51.6 Å². The summed E-state index contributed by atoms with van der Waals surface area (Å²) in [5.41, 5.74) is 6.65. The zero-order valence-electron chi connectivity index (χ0n) is 12.0. The molecular weight excluding hydrogens is 241 g/mol. The van der Waals surface area contributed by atoms with Gasteiger partial charge in [-0.2, -0.15) is 0 Å². The van der Waals surface area contributed by atoms with Gasteiger partial charge in [0.15, 0.2) is 0 Å². The van der Waals surface area contributed by atoms with Crippen molar-refractivity contribution in [2.45, 2.75) is 52.2 Å². The molecule has 19 heavy (non-hydrogen) atoms. The van der Waals surface area contributed by atoms with Gasteiger partial charge in [-0.15, -0.1) is 0 Å². The molecule has 1 aromatic rings. The van der Waals surface area contributed by atoms with Crippen LogP contribution in [-0.4, -0.2) is 6.10 Å². The Morgan fingerprint density at radius 3 is 2.42 bits per heavy atom. The maximum absolute atomic E-state index is 13.3. The quantitative estimate of drug-likeness (QED) is 0.895. The van der Waals surface area contributed by atoms with Crippen LogP contribution in [0.2, 0.25) is 0 Å². The van der Waals surface area contributed by atoms with Crippen LogP contribution < -0.4 is 10.5 Å². The summed E-state index contributed by atoms with van der Waals surface area (Å²) < 4.78 is 19.4. The van der Waals surface area contributed by atoms with Crippen LogP contribution in [0.25, 0.3) is 0 Å². The molecule has 0 aliphatic heterocycles. The Kier molecular flexibility index (Phi) is 4.46. The molecule has 0 spiro atoms. The lowest BCUT2D eigenvalue weighted by Gasteiger charge is -2.32. The van der Waals surface area contributed by atoms with Gasteiger partial charge in [0, 0.05) is 11.6 Å². The molecule has 2 rings (SSSR count). The SMILES string of the molecule is CC1CC(C)CC(Oc2ccc(F)cc2[C@H](C)N)C1. The molecule has 3 heteroatoms. The number of nitrogens with two attached hydrogens (primary N) is 1. The van der Waals surface area contributed by atoms with Crippen LogP contribution in [-0.2, 0) is 0 Å². The van der Waals surface area contributed by atoms with Gasteiger partial charge in [-0.05, 0) is 56.2 Å². The molecule has 1 aliphatic carbocycles. The minimum atomic E-state index is -0.259. The third-order valence-corrected chi connectivity index (χ3v) is 3.89. The molecule has 2 nitrogen and oxygen atoms in total. The van der Waals surface area contributed by atoms with Crippen molar-refractivity contribution in [2.75, 3.05) is 0 Å². The first-order valence-corrected chi connectivity index (χ1v) is 7.17. The molecule has 0 bridgehead atoms. The van der Waals surface area contributed by atoms with Gasteiger partial charge in [-0.3, -0.25) is 0 Å². The second kappa shape index (κ2) is 5.91. The lowest BCUT2D eigenvalue weighted by Crippen LogP contribution is -2.29. The van der Waals surface area contributed by atoms with Gasteiger partial charge in [-0.25, -0.2) is 4.39 Å². The first-order chi connectivity index (χ1) is 8.95. The van der Waals surface area contributed by atoms with Gasteiger partial charge < -0.3 is 10.5 Å². The molecule has 2 unspecified atom stereocenters. The smallest absolute Gasteiger partial charge is 0.124 e. The molecule has 0 saturated heterocycles. The van der Waals surface area contributed by atoms with Crippen molar-refractivity contribution >= 4 is 0 Å². The van der Waals surface area contributed by atoms with E-state index >= 15 is 0 Å².